The molecule has 6 heteroatoms. The van der Waals surface area contributed by atoms with E-state index < -0.39 is 18.2 Å². The number of hydrogen-bond donors (Lipinski definition) is 1. The van der Waals surface area contributed by atoms with E-state index in [1.165, 1.54) is 7.11 Å². The summed E-state index contributed by atoms with van der Waals surface area (Å²) in [5.74, 6) is 0.198. The largest absolute Gasteiger partial charge is 0.496 e. The van der Waals surface area contributed by atoms with Gasteiger partial charge in [0.05, 0.1) is 13.0 Å². The van der Waals surface area contributed by atoms with Crippen LogP contribution in [-0.4, -0.2) is 36.1 Å². The molecule has 0 saturated carbocycles. The molecule has 0 spiro atoms. The van der Waals surface area contributed by atoms with Crippen LogP contribution in [0.25, 0.3) is 0 Å². The average Bonchev–Trinajstić information content (AvgIpc) is 2.38. The van der Waals surface area contributed by atoms with Gasteiger partial charge in [-0.2, -0.15) is 0 Å². The van der Waals surface area contributed by atoms with Crippen molar-refractivity contribution < 1.29 is 19.5 Å². The Hall–Kier alpha value is -1.66. The first-order chi connectivity index (χ1) is 8.63. The lowest BCUT2D eigenvalue weighted by Crippen LogP contribution is -2.41. The minimum Gasteiger partial charge on any atom is -0.496 e. The van der Waals surface area contributed by atoms with Crippen molar-refractivity contribution in [3.8, 4) is 5.75 Å². The average molecular weight is 253 g/mol. The van der Waals surface area contributed by atoms with E-state index >= 15 is 0 Å². The van der Waals surface area contributed by atoms with E-state index in [-0.39, 0.29) is 18.0 Å². The molecule has 2 rings (SSSR count). The Kier molecular flexibility index (Phi) is 3.78. The minimum absolute atomic E-state index is 0.0864. The first-order valence-corrected chi connectivity index (χ1v) is 5.69. The maximum absolute atomic E-state index is 11.0. The molecule has 3 atom stereocenters. The van der Waals surface area contributed by atoms with Gasteiger partial charge in [0.25, 0.3) is 0 Å². The third kappa shape index (κ3) is 2.44. The Morgan fingerprint density at radius 3 is 2.89 bits per heavy atom. The van der Waals surface area contributed by atoms with E-state index in [9.17, 15) is 15.2 Å². The van der Waals surface area contributed by atoms with Gasteiger partial charge in [-0.05, 0) is 6.07 Å². The summed E-state index contributed by atoms with van der Waals surface area (Å²) >= 11 is 0. The van der Waals surface area contributed by atoms with Gasteiger partial charge in [-0.15, -0.1) is 0 Å². The number of nitrogens with zero attached hydrogens (tertiary/aromatic N) is 1. The molecule has 1 saturated heterocycles. The maximum Gasteiger partial charge on any atom is 0.243 e. The fraction of sp³-hybridized carbons (Fsp3) is 0.500. The Balaban J connectivity index is 2.34. The van der Waals surface area contributed by atoms with E-state index in [0.29, 0.717) is 5.75 Å². The highest BCUT2D eigenvalue weighted by atomic mass is 16.6. The van der Waals surface area contributed by atoms with Crippen LogP contribution in [0.1, 0.15) is 17.9 Å². The van der Waals surface area contributed by atoms with Crippen molar-refractivity contribution in [2.75, 3.05) is 13.7 Å². The third-order valence-electron chi connectivity index (χ3n) is 3.19. The molecular weight excluding hydrogens is 238 g/mol. The van der Waals surface area contributed by atoms with Gasteiger partial charge in [0, 0.05) is 16.9 Å². The summed E-state index contributed by atoms with van der Waals surface area (Å²) in [4.78, 5) is 10.7. The van der Waals surface area contributed by atoms with E-state index in [1.54, 1.807) is 24.3 Å². The van der Waals surface area contributed by atoms with Gasteiger partial charge < -0.3 is 14.6 Å². The standard InChI is InChI=1S/C12H15NO5/c1-17-11-5-3-2-4-8(11)9-6-12(14)18-7-10(9)13(15)16/h2-5,9-10,12,14H,6-7H2,1H3/t9-,10+,12?/m1/s1. The van der Waals surface area contributed by atoms with Gasteiger partial charge in [-0.3, -0.25) is 10.1 Å². The molecule has 1 aliphatic rings. The molecule has 0 aromatic heterocycles. The number of hydrogen-bond acceptors (Lipinski definition) is 5. The number of ether oxygens (including phenoxy) is 2. The molecule has 1 heterocycles. The Labute approximate surface area is 104 Å². The number of rotatable bonds is 3. The number of para-hydroxylation sites is 1. The maximum atomic E-state index is 11.0. The summed E-state index contributed by atoms with van der Waals surface area (Å²) in [5, 5.41) is 20.6. The molecule has 1 fully saturated rings. The topological polar surface area (TPSA) is 81.8 Å². The van der Waals surface area contributed by atoms with Crippen molar-refractivity contribution in [3.63, 3.8) is 0 Å². The molecule has 1 unspecified atom stereocenters. The van der Waals surface area contributed by atoms with Crippen molar-refractivity contribution >= 4 is 0 Å². The third-order valence-corrected chi connectivity index (χ3v) is 3.19. The fourth-order valence-corrected chi connectivity index (χ4v) is 2.28. The molecular formula is C12H15NO5. The summed E-state index contributed by atoms with van der Waals surface area (Å²) in [5.41, 5.74) is 0.740. The molecule has 98 valence electrons. The SMILES string of the molecule is COc1ccccc1[C@H]1CC(O)OC[C@@H]1[N+](=O)[O-]. The van der Waals surface area contributed by atoms with Gasteiger partial charge in [-0.1, -0.05) is 18.2 Å². The molecule has 1 aromatic carbocycles. The second-order valence-electron chi connectivity index (χ2n) is 4.22. The Morgan fingerprint density at radius 2 is 2.22 bits per heavy atom. The number of benzene rings is 1. The van der Waals surface area contributed by atoms with Crippen molar-refractivity contribution in [3.05, 3.63) is 39.9 Å². The highest BCUT2D eigenvalue weighted by molar-refractivity contribution is 5.37. The molecule has 1 aromatic rings. The molecule has 0 aliphatic carbocycles. The van der Waals surface area contributed by atoms with E-state index in [1.807, 2.05) is 0 Å². The van der Waals surface area contributed by atoms with Gasteiger partial charge in [0.1, 0.15) is 12.4 Å². The van der Waals surface area contributed by atoms with Crippen molar-refractivity contribution in [1.82, 2.24) is 0 Å². The normalized spacial score (nSPS) is 27.8. The zero-order chi connectivity index (χ0) is 13.1. The second-order valence-corrected chi connectivity index (χ2v) is 4.22. The molecule has 0 bridgehead atoms. The van der Waals surface area contributed by atoms with Gasteiger partial charge in [0.15, 0.2) is 6.29 Å². The predicted octanol–water partition coefficient (Wildman–Crippen LogP) is 1.16. The quantitative estimate of drug-likeness (QED) is 0.645. The van der Waals surface area contributed by atoms with Crippen LogP contribution in [0.2, 0.25) is 0 Å². The number of nitro groups is 1. The van der Waals surface area contributed by atoms with Crippen LogP contribution >= 0.6 is 0 Å². The van der Waals surface area contributed by atoms with E-state index in [2.05, 4.69) is 0 Å². The fourth-order valence-electron chi connectivity index (χ4n) is 2.28. The molecule has 1 aliphatic heterocycles. The molecule has 6 nitrogen and oxygen atoms in total. The second kappa shape index (κ2) is 5.32. The van der Waals surface area contributed by atoms with Crippen molar-refractivity contribution in [2.45, 2.75) is 24.7 Å². The Morgan fingerprint density at radius 1 is 1.50 bits per heavy atom. The van der Waals surface area contributed by atoms with Crippen LogP contribution < -0.4 is 4.74 Å². The lowest BCUT2D eigenvalue weighted by atomic mass is 9.86. The number of aliphatic hydroxyl groups excluding tert-OH is 1. The van der Waals surface area contributed by atoms with E-state index in [0.717, 1.165) is 5.56 Å². The first kappa shape index (κ1) is 12.8. The molecule has 18 heavy (non-hydrogen) atoms. The zero-order valence-electron chi connectivity index (χ0n) is 9.98. The predicted molar refractivity (Wildman–Crippen MR) is 63.1 cm³/mol. The summed E-state index contributed by atoms with van der Waals surface area (Å²) in [6.07, 6.45) is -0.762. The zero-order valence-corrected chi connectivity index (χ0v) is 9.98. The van der Waals surface area contributed by atoms with Gasteiger partial charge >= 0.3 is 0 Å². The molecule has 1 N–H and O–H groups in total. The first-order valence-electron chi connectivity index (χ1n) is 5.69. The smallest absolute Gasteiger partial charge is 0.243 e. The lowest BCUT2D eigenvalue weighted by Gasteiger charge is -2.29. The van der Waals surface area contributed by atoms with Crippen molar-refractivity contribution in [2.24, 2.45) is 0 Å². The van der Waals surface area contributed by atoms with Gasteiger partial charge in [0.2, 0.25) is 6.04 Å². The number of methoxy groups -OCH3 is 1. The molecule has 0 amide bonds. The minimum atomic E-state index is -0.962. The van der Waals surface area contributed by atoms with Crippen LogP contribution in [0.5, 0.6) is 5.75 Å². The monoisotopic (exact) mass is 253 g/mol. The highest BCUT2D eigenvalue weighted by Gasteiger charge is 2.40. The number of aliphatic hydroxyl groups is 1. The van der Waals surface area contributed by atoms with Gasteiger partial charge in [-0.25, -0.2) is 0 Å². The Bertz CT molecular complexity index is 436. The van der Waals surface area contributed by atoms with Crippen LogP contribution in [0.4, 0.5) is 0 Å². The van der Waals surface area contributed by atoms with Crippen LogP contribution in [-0.2, 0) is 4.74 Å². The van der Waals surface area contributed by atoms with E-state index in [4.69, 9.17) is 9.47 Å². The van der Waals surface area contributed by atoms with Crippen LogP contribution in [0.15, 0.2) is 24.3 Å². The lowest BCUT2D eigenvalue weighted by molar-refractivity contribution is -0.538. The summed E-state index contributed by atoms with van der Waals surface area (Å²) in [7, 11) is 1.52. The highest BCUT2D eigenvalue weighted by Crippen LogP contribution is 2.36. The van der Waals surface area contributed by atoms with Crippen LogP contribution in [0.3, 0.4) is 0 Å². The summed E-state index contributed by atoms with van der Waals surface area (Å²) < 4.78 is 10.2. The summed E-state index contributed by atoms with van der Waals surface area (Å²) in [6, 6.07) is 6.30. The summed E-state index contributed by atoms with van der Waals surface area (Å²) in [6.45, 7) is -0.0864. The molecule has 0 radical (unpaired) electrons. The van der Waals surface area contributed by atoms with Crippen LogP contribution in [0, 0.1) is 10.1 Å². The van der Waals surface area contributed by atoms with Crippen molar-refractivity contribution in [1.29, 1.82) is 0 Å².